The van der Waals surface area contributed by atoms with Crippen molar-refractivity contribution in [2.75, 3.05) is 0 Å². The fourth-order valence-electron chi connectivity index (χ4n) is 0.385. The first-order chi connectivity index (χ1) is 4.91. The number of amides is 1. The van der Waals surface area contributed by atoms with E-state index in [1.807, 2.05) is 36.4 Å². The van der Waals surface area contributed by atoms with Gasteiger partial charge < -0.3 is 6.15 Å². The average Bonchev–Trinajstić information content (AvgIpc) is 2.08. The average molecular weight is 156 g/mol. The van der Waals surface area contributed by atoms with Crippen LogP contribution in [0.5, 0.6) is 0 Å². The minimum atomic E-state index is 0. The normalized spacial score (nSPS) is 6.27. The van der Waals surface area contributed by atoms with Crippen molar-refractivity contribution in [1.82, 2.24) is 11.6 Å². The van der Waals surface area contributed by atoms with E-state index in [9.17, 15) is 0 Å². The van der Waals surface area contributed by atoms with Gasteiger partial charge in [0.2, 0.25) is 6.41 Å². The van der Waals surface area contributed by atoms with Crippen LogP contribution < -0.4 is 11.6 Å². The Kier molecular flexibility index (Phi) is 12.8. The molecule has 0 saturated carbocycles. The number of nitrogens with one attached hydrogen (secondary N) is 1. The Morgan fingerprint density at radius 3 is 1.27 bits per heavy atom. The number of benzene rings is 1. The van der Waals surface area contributed by atoms with Crippen molar-refractivity contribution in [3.63, 3.8) is 0 Å². The summed E-state index contributed by atoms with van der Waals surface area (Å²) in [6, 6.07) is 12.0. The molecule has 0 saturated heterocycles. The lowest BCUT2D eigenvalue weighted by Crippen LogP contribution is -1.99. The van der Waals surface area contributed by atoms with Crippen LogP contribution in [0.2, 0.25) is 0 Å². The standard InChI is InChI=1S/C6H6.CH3NO2.H3N/c1-2-4-6-5-3-1;3-1-2-4;/h1-6H;1,4H,(H,2,3);1H3. The number of carbonyl (C=O) groups excluding carboxylic acids is 1. The summed E-state index contributed by atoms with van der Waals surface area (Å²) < 4.78 is 0. The molecule has 11 heavy (non-hydrogen) atoms. The smallest absolute Gasteiger partial charge is 0.230 e. The Morgan fingerprint density at radius 2 is 1.18 bits per heavy atom. The van der Waals surface area contributed by atoms with Gasteiger partial charge in [0.15, 0.2) is 0 Å². The molecular formula is C7H12N2O2. The van der Waals surface area contributed by atoms with Gasteiger partial charge in [-0.05, 0) is 0 Å². The second-order valence-corrected chi connectivity index (χ2v) is 1.40. The fourth-order valence-corrected chi connectivity index (χ4v) is 0.385. The highest BCUT2D eigenvalue weighted by molar-refractivity contribution is 5.43. The van der Waals surface area contributed by atoms with Gasteiger partial charge in [0.05, 0.1) is 0 Å². The molecule has 4 nitrogen and oxygen atoms in total. The first-order valence-corrected chi connectivity index (χ1v) is 2.75. The van der Waals surface area contributed by atoms with Gasteiger partial charge in [-0.25, -0.2) is 5.48 Å². The SMILES string of the molecule is N.O=CNO.c1ccccc1. The van der Waals surface area contributed by atoms with Crippen LogP contribution in [0.25, 0.3) is 0 Å². The quantitative estimate of drug-likeness (QED) is 0.322. The van der Waals surface area contributed by atoms with Crippen LogP contribution in [0, 0.1) is 0 Å². The number of carbonyl (C=O) groups is 1. The van der Waals surface area contributed by atoms with Gasteiger partial charge in [-0.3, -0.25) is 10.0 Å². The third kappa shape index (κ3) is 12.0. The second-order valence-electron chi connectivity index (χ2n) is 1.40. The highest BCUT2D eigenvalue weighted by atomic mass is 16.5. The molecule has 0 heterocycles. The Bertz CT molecular complexity index is 129. The first-order valence-electron chi connectivity index (χ1n) is 2.75. The Hall–Kier alpha value is -1.39. The van der Waals surface area contributed by atoms with E-state index < -0.39 is 0 Å². The minimum absolute atomic E-state index is 0. The van der Waals surface area contributed by atoms with Crippen LogP contribution in [0.3, 0.4) is 0 Å². The monoisotopic (exact) mass is 156 g/mol. The van der Waals surface area contributed by atoms with Crippen LogP contribution in [0.1, 0.15) is 0 Å². The molecule has 0 fully saturated rings. The van der Waals surface area contributed by atoms with Gasteiger partial charge in [0.1, 0.15) is 0 Å². The van der Waals surface area contributed by atoms with Gasteiger partial charge in [-0.1, -0.05) is 36.4 Å². The van der Waals surface area contributed by atoms with Crippen molar-refractivity contribution in [3.05, 3.63) is 36.4 Å². The zero-order valence-electron chi connectivity index (χ0n) is 6.10. The molecule has 0 radical (unpaired) electrons. The first kappa shape index (κ1) is 12.3. The van der Waals surface area contributed by atoms with Gasteiger partial charge in [-0.2, -0.15) is 0 Å². The maximum absolute atomic E-state index is 8.81. The summed E-state index contributed by atoms with van der Waals surface area (Å²) in [6.45, 7) is 0. The molecular weight excluding hydrogens is 144 g/mol. The zero-order valence-corrected chi connectivity index (χ0v) is 6.10. The molecule has 62 valence electrons. The predicted octanol–water partition coefficient (Wildman–Crippen LogP) is 0.970. The van der Waals surface area contributed by atoms with E-state index in [4.69, 9.17) is 10.0 Å². The van der Waals surface area contributed by atoms with Crippen molar-refractivity contribution < 1.29 is 10.0 Å². The molecule has 1 aromatic rings. The van der Waals surface area contributed by atoms with Crippen LogP contribution >= 0.6 is 0 Å². The van der Waals surface area contributed by atoms with Crippen molar-refractivity contribution in [1.29, 1.82) is 0 Å². The van der Waals surface area contributed by atoms with Crippen LogP contribution in [-0.4, -0.2) is 11.6 Å². The highest BCUT2D eigenvalue weighted by Crippen LogP contribution is 1.79. The largest absolute Gasteiger partial charge is 0.344 e. The topological polar surface area (TPSA) is 84.3 Å². The van der Waals surface area contributed by atoms with Crippen LogP contribution in [0.15, 0.2) is 36.4 Å². The third-order valence-corrected chi connectivity index (χ3v) is 0.719. The van der Waals surface area contributed by atoms with E-state index in [0.29, 0.717) is 0 Å². The molecule has 0 atom stereocenters. The summed E-state index contributed by atoms with van der Waals surface area (Å²) in [6.07, 6.45) is 0.181. The molecule has 1 aromatic carbocycles. The van der Waals surface area contributed by atoms with Crippen LogP contribution in [0.4, 0.5) is 0 Å². The third-order valence-electron chi connectivity index (χ3n) is 0.719. The molecule has 1 rings (SSSR count). The Balaban J connectivity index is 0. The second kappa shape index (κ2) is 11.4. The molecule has 1 amide bonds. The number of rotatable bonds is 1. The van der Waals surface area contributed by atoms with Gasteiger partial charge in [0.25, 0.3) is 0 Å². The fraction of sp³-hybridized carbons (Fsp3) is 0. The lowest BCUT2D eigenvalue weighted by molar-refractivity contribution is -0.116. The predicted molar refractivity (Wildman–Crippen MR) is 42.5 cm³/mol. The van der Waals surface area contributed by atoms with Crippen LogP contribution in [-0.2, 0) is 4.79 Å². The van der Waals surface area contributed by atoms with E-state index in [1.54, 1.807) is 0 Å². The Morgan fingerprint density at radius 1 is 1.00 bits per heavy atom. The van der Waals surface area contributed by atoms with E-state index >= 15 is 0 Å². The van der Waals surface area contributed by atoms with Crippen molar-refractivity contribution >= 4 is 6.41 Å². The molecule has 0 aliphatic heterocycles. The number of hydroxylamine groups is 1. The molecule has 0 aromatic heterocycles. The maximum atomic E-state index is 8.81. The summed E-state index contributed by atoms with van der Waals surface area (Å²) in [5, 5.41) is 7.26. The molecule has 5 N–H and O–H groups in total. The lowest BCUT2D eigenvalue weighted by atomic mass is 10.4. The summed E-state index contributed by atoms with van der Waals surface area (Å²) >= 11 is 0. The summed E-state index contributed by atoms with van der Waals surface area (Å²) in [5.41, 5.74) is 1.25. The minimum Gasteiger partial charge on any atom is -0.344 e. The lowest BCUT2D eigenvalue weighted by Gasteiger charge is -1.69. The van der Waals surface area contributed by atoms with E-state index in [0.717, 1.165) is 0 Å². The van der Waals surface area contributed by atoms with E-state index in [2.05, 4.69) is 0 Å². The summed E-state index contributed by atoms with van der Waals surface area (Å²) in [4.78, 5) is 8.81. The van der Waals surface area contributed by atoms with Gasteiger partial charge >= 0.3 is 0 Å². The molecule has 0 bridgehead atoms. The molecule has 0 aliphatic carbocycles. The highest BCUT2D eigenvalue weighted by Gasteiger charge is 1.57. The van der Waals surface area contributed by atoms with Crippen molar-refractivity contribution in [3.8, 4) is 0 Å². The number of hydrogen-bond donors (Lipinski definition) is 3. The van der Waals surface area contributed by atoms with E-state index in [1.165, 1.54) is 5.48 Å². The van der Waals surface area contributed by atoms with Crippen molar-refractivity contribution in [2.45, 2.75) is 0 Å². The zero-order chi connectivity index (χ0) is 7.66. The number of hydrogen-bond acceptors (Lipinski definition) is 3. The molecule has 4 heteroatoms. The summed E-state index contributed by atoms with van der Waals surface area (Å²) in [7, 11) is 0. The van der Waals surface area contributed by atoms with Gasteiger partial charge in [0, 0.05) is 0 Å². The van der Waals surface area contributed by atoms with E-state index in [-0.39, 0.29) is 12.6 Å². The summed E-state index contributed by atoms with van der Waals surface area (Å²) in [5.74, 6) is 0. The van der Waals surface area contributed by atoms with Crippen molar-refractivity contribution in [2.24, 2.45) is 0 Å². The molecule has 0 aliphatic rings. The van der Waals surface area contributed by atoms with Gasteiger partial charge in [-0.15, -0.1) is 0 Å². The molecule has 0 spiro atoms. The Labute approximate surface area is 65.4 Å². The molecule has 0 unspecified atom stereocenters. The maximum Gasteiger partial charge on any atom is 0.230 e.